The van der Waals surface area contributed by atoms with Crippen LogP contribution < -0.4 is 0 Å². The third-order valence-corrected chi connectivity index (χ3v) is 3.88. The molecule has 2 aromatic rings. The smallest absolute Gasteiger partial charge is 0.153 e. The van der Waals surface area contributed by atoms with Crippen molar-refractivity contribution in [3.05, 3.63) is 64.2 Å². The van der Waals surface area contributed by atoms with Gasteiger partial charge >= 0.3 is 0 Å². The van der Waals surface area contributed by atoms with Crippen molar-refractivity contribution >= 4 is 23.1 Å². The molecule has 0 aliphatic heterocycles. The molecule has 0 aromatic heterocycles. The lowest BCUT2D eigenvalue weighted by atomic mass is 9.94. The van der Waals surface area contributed by atoms with Crippen LogP contribution in [-0.4, -0.2) is 5.16 Å². The Bertz CT molecular complexity index is 861. The summed E-state index contributed by atoms with van der Waals surface area (Å²) in [5.74, 6) is 4.59. The maximum Gasteiger partial charge on any atom is 0.153 e. The molecule has 4 heteroatoms. The summed E-state index contributed by atoms with van der Waals surface area (Å²) in [6.07, 6.45) is 2.10. The highest BCUT2D eigenvalue weighted by Crippen LogP contribution is 2.24. The van der Waals surface area contributed by atoms with Gasteiger partial charge in [-0.3, -0.25) is 0 Å². The van der Waals surface area contributed by atoms with Crippen molar-refractivity contribution in [1.82, 2.24) is 0 Å². The zero-order chi connectivity index (χ0) is 18.4. The van der Waals surface area contributed by atoms with Crippen LogP contribution in [0.25, 0.3) is 0 Å². The maximum atomic E-state index is 13.9. The Morgan fingerprint density at radius 1 is 1.08 bits per heavy atom. The number of aryl methyl sites for hydroxylation is 1. The molecule has 0 N–H and O–H groups in total. The Balaban J connectivity index is 2.43. The van der Waals surface area contributed by atoms with Crippen molar-refractivity contribution in [3.63, 3.8) is 0 Å². The molecule has 0 bridgehead atoms. The largest absolute Gasteiger partial charge is 0.204 e. The Kier molecular flexibility index (Phi) is 6.58. The van der Waals surface area contributed by atoms with E-state index >= 15 is 0 Å². The molecule has 128 valence electrons. The summed E-state index contributed by atoms with van der Waals surface area (Å²) in [7, 11) is 0. The van der Waals surface area contributed by atoms with E-state index in [1.807, 2.05) is 11.2 Å². The number of hydrogen-bond acceptors (Lipinski definition) is 2. The number of halogens is 2. The molecule has 0 heterocycles. The normalized spacial score (nSPS) is 10.2. The standard InChI is InChI=1S/C21H19F2NS/c1-4-5-15-6-8-17(18(10-15)14(2)3)9-7-16-11-19(22)21(24-13-25)20(23)12-16/h6,8,10-12,14H,4-5H2,1-3H3. The fourth-order valence-electron chi connectivity index (χ4n) is 2.58. The van der Waals surface area contributed by atoms with Gasteiger partial charge in [0.25, 0.3) is 0 Å². The lowest BCUT2D eigenvalue weighted by Crippen LogP contribution is -1.96. The molecule has 0 aliphatic rings. The average molecular weight is 355 g/mol. The highest BCUT2D eigenvalue weighted by molar-refractivity contribution is 7.78. The van der Waals surface area contributed by atoms with Gasteiger partial charge in [-0.25, -0.2) is 8.78 Å². The third kappa shape index (κ3) is 4.82. The van der Waals surface area contributed by atoms with E-state index < -0.39 is 17.3 Å². The minimum atomic E-state index is -0.802. The quantitative estimate of drug-likeness (QED) is 0.363. The van der Waals surface area contributed by atoms with Crippen molar-refractivity contribution in [2.75, 3.05) is 0 Å². The summed E-state index contributed by atoms with van der Waals surface area (Å²) in [4.78, 5) is 3.40. The first kappa shape index (κ1) is 19.0. The van der Waals surface area contributed by atoms with E-state index in [9.17, 15) is 8.78 Å². The Morgan fingerprint density at radius 3 is 2.32 bits per heavy atom. The van der Waals surface area contributed by atoms with Crippen LogP contribution in [-0.2, 0) is 6.42 Å². The minimum Gasteiger partial charge on any atom is -0.204 e. The van der Waals surface area contributed by atoms with Crippen LogP contribution in [0.5, 0.6) is 0 Å². The SMILES string of the molecule is CCCc1ccc(C#Cc2cc(F)c(N=C=S)c(F)c2)c(C(C)C)c1. The first-order valence-electron chi connectivity index (χ1n) is 8.18. The minimum absolute atomic E-state index is 0.255. The van der Waals surface area contributed by atoms with Crippen LogP contribution in [0.2, 0.25) is 0 Å². The molecule has 0 saturated heterocycles. The molecular weight excluding hydrogens is 336 g/mol. The molecular formula is C21H19F2NS. The predicted molar refractivity (Wildman–Crippen MR) is 102 cm³/mol. The molecule has 0 spiro atoms. The number of aliphatic imine (C=N–C) groups is 1. The fourth-order valence-corrected chi connectivity index (χ4v) is 2.67. The zero-order valence-electron chi connectivity index (χ0n) is 14.5. The monoisotopic (exact) mass is 355 g/mol. The van der Waals surface area contributed by atoms with Crippen molar-refractivity contribution in [2.24, 2.45) is 4.99 Å². The Labute approximate surface area is 152 Å². The van der Waals surface area contributed by atoms with Crippen molar-refractivity contribution in [2.45, 2.75) is 39.5 Å². The molecule has 0 amide bonds. The third-order valence-electron chi connectivity index (χ3n) is 3.79. The van der Waals surface area contributed by atoms with E-state index in [0.29, 0.717) is 5.92 Å². The second kappa shape index (κ2) is 8.67. The van der Waals surface area contributed by atoms with E-state index in [1.165, 1.54) is 5.56 Å². The van der Waals surface area contributed by atoms with Crippen molar-refractivity contribution in [1.29, 1.82) is 0 Å². The van der Waals surface area contributed by atoms with Gasteiger partial charge in [0.15, 0.2) is 11.6 Å². The van der Waals surface area contributed by atoms with E-state index in [2.05, 4.69) is 62.0 Å². The van der Waals surface area contributed by atoms with Crippen LogP contribution in [0.1, 0.15) is 55.4 Å². The number of rotatable bonds is 4. The number of hydrogen-bond donors (Lipinski definition) is 0. The van der Waals surface area contributed by atoms with Gasteiger partial charge in [0.2, 0.25) is 0 Å². The molecule has 0 aliphatic carbocycles. The molecule has 25 heavy (non-hydrogen) atoms. The summed E-state index contributed by atoms with van der Waals surface area (Å²) in [5.41, 5.74) is 3.10. The maximum absolute atomic E-state index is 13.9. The van der Waals surface area contributed by atoms with Gasteiger partial charge in [-0.05, 0) is 53.9 Å². The van der Waals surface area contributed by atoms with Crippen LogP contribution in [0, 0.1) is 23.5 Å². The van der Waals surface area contributed by atoms with Crippen molar-refractivity contribution in [3.8, 4) is 11.8 Å². The zero-order valence-corrected chi connectivity index (χ0v) is 15.3. The summed E-state index contributed by atoms with van der Waals surface area (Å²) in [6, 6.07) is 8.50. The van der Waals surface area contributed by atoms with Crippen LogP contribution in [0.15, 0.2) is 35.3 Å². The summed E-state index contributed by atoms with van der Waals surface area (Å²) >= 11 is 4.39. The van der Waals surface area contributed by atoms with Gasteiger partial charge < -0.3 is 0 Å². The van der Waals surface area contributed by atoms with Gasteiger partial charge in [-0.15, -0.1) is 0 Å². The fraction of sp³-hybridized carbons (Fsp3) is 0.286. The van der Waals surface area contributed by atoms with E-state index in [1.54, 1.807) is 0 Å². The molecule has 0 saturated carbocycles. The van der Waals surface area contributed by atoms with Gasteiger partial charge in [0.05, 0.1) is 5.16 Å². The Hall–Kier alpha value is -2.34. The van der Waals surface area contributed by atoms with E-state index in [-0.39, 0.29) is 5.56 Å². The van der Waals surface area contributed by atoms with Crippen molar-refractivity contribution < 1.29 is 8.78 Å². The highest BCUT2D eigenvalue weighted by atomic mass is 32.1. The number of nitrogens with zero attached hydrogens (tertiary/aromatic N) is 1. The van der Waals surface area contributed by atoms with E-state index in [0.717, 1.165) is 36.1 Å². The molecule has 0 radical (unpaired) electrons. The van der Waals surface area contributed by atoms with Gasteiger partial charge in [0, 0.05) is 11.1 Å². The molecule has 0 atom stereocenters. The summed E-state index contributed by atoms with van der Waals surface area (Å²) in [5, 5.41) is 1.97. The second-order valence-corrected chi connectivity index (χ2v) is 6.25. The van der Waals surface area contributed by atoms with Gasteiger partial charge in [0.1, 0.15) is 5.69 Å². The Morgan fingerprint density at radius 2 is 1.76 bits per heavy atom. The van der Waals surface area contributed by atoms with Crippen LogP contribution in [0.3, 0.4) is 0 Å². The van der Waals surface area contributed by atoms with Gasteiger partial charge in [-0.1, -0.05) is 51.2 Å². The predicted octanol–water partition coefficient (Wildman–Crippen LogP) is 6.17. The number of benzene rings is 2. The van der Waals surface area contributed by atoms with Crippen LogP contribution >= 0.6 is 12.2 Å². The molecule has 1 nitrogen and oxygen atoms in total. The van der Waals surface area contributed by atoms with E-state index in [4.69, 9.17) is 0 Å². The lowest BCUT2D eigenvalue weighted by Gasteiger charge is -2.11. The number of isothiocyanates is 1. The summed E-state index contributed by atoms with van der Waals surface area (Å²) in [6.45, 7) is 6.35. The first-order chi connectivity index (χ1) is 12.0. The molecule has 2 rings (SSSR count). The topological polar surface area (TPSA) is 12.4 Å². The molecule has 0 unspecified atom stereocenters. The molecule has 2 aromatic carbocycles. The van der Waals surface area contributed by atoms with Crippen LogP contribution in [0.4, 0.5) is 14.5 Å². The molecule has 0 fully saturated rings. The summed E-state index contributed by atoms with van der Waals surface area (Å²) < 4.78 is 27.8. The number of thiocarbonyl (C=S) groups is 1. The highest BCUT2D eigenvalue weighted by Gasteiger charge is 2.10. The van der Waals surface area contributed by atoms with Gasteiger partial charge in [-0.2, -0.15) is 4.99 Å². The second-order valence-electron chi connectivity index (χ2n) is 6.07. The first-order valence-corrected chi connectivity index (χ1v) is 8.58. The average Bonchev–Trinajstić information content (AvgIpc) is 2.57. The lowest BCUT2D eigenvalue weighted by molar-refractivity contribution is 0.587.